The quantitative estimate of drug-likeness (QED) is 0.890. The number of hydrogen-bond donors (Lipinski definition) is 1. The van der Waals surface area contributed by atoms with Gasteiger partial charge >= 0.3 is 0 Å². The second kappa shape index (κ2) is 6.72. The predicted molar refractivity (Wildman–Crippen MR) is 86.8 cm³/mol. The van der Waals surface area contributed by atoms with E-state index in [9.17, 15) is 4.39 Å². The lowest BCUT2D eigenvalue weighted by Crippen LogP contribution is -2.32. The Morgan fingerprint density at radius 3 is 2.24 bits per heavy atom. The lowest BCUT2D eigenvalue weighted by Gasteiger charge is -2.32. The summed E-state index contributed by atoms with van der Waals surface area (Å²) in [6, 6.07) is 15.3. The third-order valence-corrected chi connectivity index (χ3v) is 3.61. The van der Waals surface area contributed by atoms with Crippen molar-refractivity contribution in [1.29, 1.82) is 0 Å². The average Bonchev–Trinajstić information content (AvgIpc) is 2.45. The van der Waals surface area contributed by atoms with E-state index in [1.165, 1.54) is 11.6 Å². The summed E-state index contributed by atoms with van der Waals surface area (Å²) in [5.41, 5.74) is 8.64. The minimum Gasteiger partial charge on any atom is -0.364 e. The maximum atomic E-state index is 14.2. The lowest BCUT2D eigenvalue weighted by atomic mass is 10.0. The molecule has 0 radical (unpaired) electrons. The number of nitrogens with zero attached hydrogens (tertiary/aromatic N) is 1. The maximum absolute atomic E-state index is 14.2. The summed E-state index contributed by atoms with van der Waals surface area (Å²) in [6.07, 6.45) is 0. The van der Waals surface area contributed by atoms with Crippen molar-refractivity contribution in [2.45, 2.75) is 39.4 Å². The molecule has 0 unspecified atom stereocenters. The smallest absolute Gasteiger partial charge is 0.130 e. The first-order valence-corrected chi connectivity index (χ1v) is 7.35. The minimum atomic E-state index is -0.335. The molecule has 0 heterocycles. The Balaban J connectivity index is 2.42. The Labute approximate surface area is 126 Å². The van der Waals surface area contributed by atoms with Crippen molar-refractivity contribution in [1.82, 2.24) is 0 Å². The molecule has 0 aromatic heterocycles. The van der Waals surface area contributed by atoms with Crippen LogP contribution < -0.4 is 10.6 Å². The van der Waals surface area contributed by atoms with Gasteiger partial charge in [-0.3, -0.25) is 0 Å². The summed E-state index contributed by atoms with van der Waals surface area (Å²) < 4.78 is 14.2. The average molecular weight is 286 g/mol. The van der Waals surface area contributed by atoms with E-state index in [1.807, 2.05) is 31.2 Å². The number of nitrogens with two attached hydrogens (primary N) is 1. The molecule has 0 spiro atoms. The molecule has 2 aromatic rings. The number of benzene rings is 2. The van der Waals surface area contributed by atoms with Crippen LogP contribution in [0.25, 0.3) is 0 Å². The summed E-state index contributed by atoms with van der Waals surface area (Å²) in [6.45, 7) is 6.78. The molecule has 2 N–H and O–H groups in total. The molecule has 0 aliphatic carbocycles. The molecule has 0 amide bonds. The molecule has 21 heavy (non-hydrogen) atoms. The van der Waals surface area contributed by atoms with Gasteiger partial charge in [0.2, 0.25) is 0 Å². The summed E-state index contributed by atoms with van der Waals surface area (Å²) >= 11 is 0. The second-order valence-electron chi connectivity index (χ2n) is 5.67. The van der Waals surface area contributed by atoms with Crippen LogP contribution in [-0.4, -0.2) is 6.04 Å². The molecular weight excluding hydrogens is 263 g/mol. The fourth-order valence-corrected chi connectivity index (χ4v) is 2.55. The Bertz CT molecular complexity index is 579. The van der Waals surface area contributed by atoms with E-state index < -0.39 is 0 Å². The van der Waals surface area contributed by atoms with Crippen LogP contribution in [0.3, 0.4) is 0 Å². The lowest BCUT2D eigenvalue weighted by molar-refractivity contribution is 0.586. The molecule has 112 valence electrons. The highest BCUT2D eigenvalue weighted by Crippen LogP contribution is 2.30. The van der Waals surface area contributed by atoms with E-state index in [1.54, 1.807) is 6.07 Å². The molecule has 0 bridgehead atoms. The second-order valence-corrected chi connectivity index (χ2v) is 5.67. The number of anilines is 1. The van der Waals surface area contributed by atoms with Crippen LogP contribution in [0.2, 0.25) is 0 Å². The fourth-order valence-electron chi connectivity index (χ4n) is 2.55. The Morgan fingerprint density at radius 2 is 1.67 bits per heavy atom. The molecular formula is C18H23FN2. The van der Waals surface area contributed by atoms with E-state index in [0.29, 0.717) is 5.56 Å². The van der Waals surface area contributed by atoms with Crippen LogP contribution in [0.4, 0.5) is 10.1 Å². The number of hydrogen-bond acceptors (Lipinski definition) is 2. The van der Waals surface area contributed by atoms with Crippen molar-refractivity contribution < 1.29 is 4.39 Å². The van der Waals surface area contributed by atoms with Gasteiger partial charge in [0.1, 0.15) is 5.82 Å². The van der Waals surface area contributed by atoms with E-state index in [4.69, 9.17) is 5.73 Å². The Morgan fingerprint density at radius 1 is 1.00 bits per heavy atom. The van der Waals surface area contributed by atoms with Crippen molar-refractivity contribution in [2.75, 3.05) is 4.90 Å². The molecule has 2 nitrogen and oxygen atoms in total. The van der Waals surface area contributed by atoms with Crippen LogP contribution in [0.5, 0.6) is 0 Å². The molecule has 2 aromatic carbocycles. The zero-order chi connectivity index (χ0) is 15.4. The molecule has 0 aliphatic rings. The summed E-state index contributed by atoms with van der Waals surface area (Å²) in [4.78, 5) is 2.19. The zero-order valence-electron chi connectivity index (χ0n) is 12.9. The van der Waals surface area contributed by atoms with E-state index in [0.717, 1.165) is 12.2 Å². The van der Waals surface area contributed by atoms with Gasteiger partial charge in [0, 0.05) is 29.9 Å². The SMILES string of the molecule is CC(C)N(Cc1ccccc1)c1cccc(F)c1[C@@H](C)N. The van der Waals surface area contributed by atoms with E-state index in [-0.39, 0.29) is 17.9 Å². The van der Waals surface area contributed by atoms with Gasteiger partial charge in [-0.2, -0.15) is 0 Å². The van der Waals surface area contributed by atoms with Gasteiger partial charge in [-0.25, -0.2) is 4.39 Å². The Hall–Kier alpha value is -1.87. The zero-order valence-corrected chi connectivity index (χ0v) is 12.9. The van der Waals surface area contributed by atoms with Crippen molar-refractivity contribution >= 4 is 5.69 Å². The van der Waals surface area contributed by atoms with Gasteiger partial charge in [-0.15, -0.1) is 0 Å². The van der Waals surface area contributed by atoms with Crippen LogP contribution in [0.15, 0.2) is 48.5 Å². The highest BCUT2D eigenvalue weighted by molar-refractivity contribution is 5.56. The normalized spacial score (nSPS) is 12.5. The van der Waals surface area contributed by atoms with Gasteiger partial charge < -0.3 is 10.6 Å². The topological polar surface area (TPSA) is 29.3 Å². The van der Waals surface area contributed by atoms with Gasteiger partial charge in [0.25, 0.3) is 0 Å². The molecule has 0 saturated heterocycles. The van der Waals surface area contributed by atoms with Crippen LogP contribution in [0, 0.1) is 5.82 Å². The van der Waals surface area contributed by atoms with Crippen LogP contribution >= 0.6 is 0 Å². The molecule has 0 aliphatic heterocycles. The van der Waals surface area contributed by atoms with Crippen LogP contribution in [-0.2, 0) is 6.54 Å². The molecule has 0 saturated carbocycles. The Kier molecular flexibility index (Phi) is 4.97. The third-order valence-electron chi connectivity index (χ3n) is 3.61. The first-order chi connectivity index (χ1) is 10.0. The summed E-state index contributed by atoms with van der Waals surface area (Å²) in [7, 11) is 0. The molecule has 1 atom stereocenters. The number of halogens is 1. The van der Waals surface area contributed by atoms with Crippen molar-refractivity contribution in [3.63, 3.8) is 0 Å². The molecule has 3 heteroatoms. The monoisotopic (exact) mass is 286 g/mol. The standard InChI is InChI=1S/C18H23FN2/c1-13(2)21(12-15-8-5-4-6-9-15)17-11-7-10-16(19)18(17)14(3)20/h4-11,13-14H,12,20H2,1-3H3/t14-/m1/s1. The van der Waals surface area contributed by atoms with Gasteiger partial charge in [0.15, 0.2) is 0 Å². The van der Waals surface area contributed by atoms with Gasteiger partial charge in [0.05, 0.1) is 0 Å². The minimum absolute atomic E-state index is 0.235. The summed E-state index contributed by atoms with van der Waals surface area (Å²) in [5, 5.41) is 0. The predicted octanol–water partition coefficient (Wildman–Crippen LogP) is 4.26. The summed E-state index contributed by atoms with van der Waals surface area (Å²) in [5.74, 6) is -0.235. The van der Waals surface area contributed by atoms with E-state index in [2.05, 4.69) is 30.9 Å². The van der Waals surface area contributed by atoms with Gasteiger partial charge in [-0.05, 0) is 38.5 Å². The maximum Gasteiger partial charge on any atom is 0.130 e. The largest absolute Gasteiger partial charge is 0.364 e. The molecule has 0 fully saturated rings. The number of rotatable bonds is 5. The fraction of sp³-hybridized carbons (Fsp3) is 0.333. The van der Waals surface area contributed by atoms with E-state index >= 15 is 0 Å². The van der Waals surface area contributed by atoms with Crippen LogP contribution in [0.1, 0.15) is 37.9 Å². The molecule has 2 rings (SSSR count). The first-order valence-electron chi connectivity index (χ1n) is 7.35. The van der Waals surface area contributed by atoms with Gasteiger partial charge in [-0.1, -0.05) is 36.4 Å². The highest BCUT2D eigenvalue weighted by atomic mass is 19.1. The first kappa shape index (κ1) is 15.5. The highest BCUT2D eigenvalue weighted by Gasteiger charge is 2.19. The third kappa shape index (κ3) is 3.61. The van der Waals surface area contributed by atoms with Crippen molar-refractivity contribution in [3.05, 3.63) is 65.5 Å². The van der Waals surface area contributed by atoms with Crippen molar-refractivity contribution in [2.24, 2.45) is 5.73 Å². The van der Waals surface area contributed by atoms with Crippen molar-refractivity contribution in [3.8, 4) is 0 Å².